The number of alkyl carbamates (subject to hydrolysis) is 1. The third kappa shape index (κ3) is 7.01. The van der Waals surface area contributed by atoms with Gasteiger partial charge in [0.1, 0.15) is 36.3 Å². The van der Waals surface area contributed by atoms with Gasteiger partial charge in [0.25, 0.3) is 0 Å². The molecule has 0 spiro atoms. The predicted molar refractivity (Wildman–Crippen MR) is 169 cm³/mol. The maximum Gasteiger partial charge on any atom is 0.413 e. The highest BCUT2D eigenvalue weighted by atomic mass is 16.6. The minimum atomic E-state index is -0.963. The van der Waals surface area contributed by atoms with Crippen molar-refractivity contribution in [1.29, 1.82) is 0 Å². The molecular formula is C34H43N5O7. The molecule has 0 bridgehead atoms. The van der Waals surface area contributed by atoms with Crippen LogP contribution in [-0.4, -0.2) is 76.0 Å². The van der Waals surface area contributed by atoms with Gasteiger partial charge in [-0.2, -0.15) is 0 Å². The van der Waals surface area contributed by atoms with Crippen molar-refractivity contribution < 1.29 is 33.3 Å². The Morgan fingerprint density at radius 2 is 1.70 bits per heavy atom. The Kier molecular flexibility index (Phi) is 9.66. The van der Waals surface area contributed by atoms with Crippen LogP contribution >= 0.6 is 0 Å². The standard InChI is InChI=1S/C34H43N5O7/c1-33(2,3)46-32(42)39-28(20-45-34(39,4)5)29-37-36-21-38(29)27(30(40)43-6)17-11-12-18-35-31(41)44-19-26-24-15-9-7-13-22(24)23-14-8-10-16-25(23)26/h7-10,13-16,21,26-28H,11-12,17-20H2,1-6H3,(H,35,41)/t27-,28-/m0/s1. The molecule has 2 atom stereocenters. The number of fused-ring (bicyclic) bond motifs is 3. The van der Waals surface area contributed by atoms with Gasteiger partial charge in [0.15, 0.2) is 5.82 Å². The van der Waals surface area contributed by atoms with Crippen molar-refractivity contribution in [3.05, 3.63) is 71.8 Å². The number of hydrogen-bond donors (Lipinski definition) is 1. The molecule has 2 aromatic carbocycles. The number of methoxy groups -OCH3 is 1. The van der Waals surface area contributed by atoms with Gasteiger partial charge in [-0.15, -0.1) is 10.2 Å². The van der Waals surface area contributed by atoms with Crippen molar-refractivity contribution in [3.63, 3.8) is 0 Å². The van der Waals surface area contributed by atoms with Gasteiger partial charge in [0.2, 0.25) is 0 Å². The normalized spacial score (nSPS) is 17.6. The summed E-state index contributed by atoms with van der Waals surface area (Å²) in [5.41, 5.74) is 2.97. The Hall–Kier alpha value is -4.45. The van der Waals surface area contributed by atoms with Gasteiger partial charge in [-0.1, -0.05) is 48.5 Å². The highest BCUT2D eigenvalue weighted by Gasteiger charge is 2.48. The lowest BCUT2D eigenvalue weighted by Crippen LogP contribution is -2.47. The molecule has 1 fully saturated rings. The molecule has 0 radical (unpaired) electrons. The van der Waals surface area contributed by atoms with Crippen molar-refractivity contribution in [3.8, 4) is 11.1 Å². The monoisotopic (exact) mass is 633 g/mol. The summed E-state index contributed by atoms with van der Waals surface area (Å²) in [7, 11) is 1.33. The first-order chi connectivity index (χ1) is 21.9. The molecule has 5 rings (SSSR count). The number of amides is 2. The van der Waals surface area contributed by atoms with Crippen LogP contribution in [0.1, 0.15) is 88.8 Å². The molecule has 0 saturated carbocycles. The Balaban J connectivity index is 1.16. The lowest BCUT2D eigenvalue weighted by molar-refractivity contribution is -0.145. The molecule has 1 aliphatic heterocycles. The number of unbranched alkanes of at least 4 members (excludes halogenated alkanes) is 1. The lowest BCUT2D eigenvalue weighted by atomic mass is 9.98. The number of benzene rings is 2. The molecule has 2 heterocycles. The summed E-state index contributed by atoms with van der Waals surface area (Å²) >= 11 is 0. The number of aromatic nitrogens is 3. The van der Waals surface area contributed by atoms with Crippen molar-refractivity contribution in [2.24, 2.45) is 0 Å². The van der Waals surface area contributed by atoms with Gasteiger partial charge >= 0.3 is 18.2 Å². The van der Waals surface area contributed by atoms with E-state index in [-0.39, 0.29) is 19.1 Å². The third-order valence-electron chi connectivity index (χ3n) is 8.30. The van der Waals surface area contributed by atoms with Crippen LogP contribution in [0.4, 0.5) is 9.59 Å². The number of carbonyl (C=O) groups is 3. The average Bonchev–Trinajstić information content (AvgIpc) is 3.70. The van der Waals surface area contributed by atoms with E-state index in [0.29, 0.717) is 31.6 Å². The van der Waals surface area contributed by atoms with Gasteiger partial charge in [0.05, 0.1) is 13.7 Å². The summed E-state index contributed by atoms with van der Waals surface area (Å²) in [6.07, 6.45) is 2.00. The fraction of sp³-hybridized carbons (Fsp3) is 0.500. The van der Waals surface area contributed by atoms with E-state index in [4.69, 9.17) is 18.9 Å². The highest BCUT2D eigenvalue weighted by Crippen LogP contribution is 2.44. The molecule has 2 aliphatic rings. The van der Waals surface area contributed by atoms with Gasteiger partial charge in [-0.05, 0) is 76.1 Å². The van der Waals surface area contributed by atoms with Gasteiger partial charge < -0.3 is 28.8 Å². The van der Waals surface area contributed by atoms with E-state index in [1.807, 2.05) is 24.3 Å². The van der Waals surface area contributed by atoms with E-state index >= 15 is 0 Å². The Morgan fingerprint density at radius 1 is 1.04 bits per heavy atom. The first-order valence-electron chi connectivity index (χ1n) is 15.6. The molecule has 0 unspecified atom stereocenters. The third-order valence-corrected chi connectivity index (χ3v) is 8.30. The molecule has 2 amide bonds. The van der Waals surface area contributed by atoms with Crippen LogP contribution in [0.15, 0.2) is 54.9 Å². The minimum absolute atomic E-state index is 0.0148. The number of nitrogens with zero attached hydrogens (tertiary/aromatic N) is 4. The van der Waals surface area contributed by atoms with E-state index in [0.717, 1.165) is 11.1 Å². The number of carbonyl (C=O) groups excluding carboxylic acids is 3. The first kappa shape index (κ1) is 32.9. The van der Waals surface area contributed by atoms with Crippen LogP contribution in [0.3, 0.4) is 0 Å². The second-order valence-electron chi connectivity index (χ2n) is 13.0. The lowest BCUT2D eigenvalue weighted by Gasteiger charge is -2.35. The summed E-state index contributed by atoms with van der Waals surface area (Å²) in [4.78, 5) is 40.2. The summed E-state index contributed by atoms with van der Waals surface area (Å²) in [6.45, 7) is 9.70. The van der Waals surface area contributed by atoms with Crippen molar-refractivity contribution in [2.45, 2.75) is 83.2 Å². The number of ether oxygens (including phenoxy) is 4. The second kappa shape index (κ2) is 13.5. The number of hydrogen-bond acceptors (Lipinski definition) is 9. The molecule has 12 nitrogen and oxygen atoms in total. The second-order valence-corrected chi connectivity index (χ2v) is 13.0. The topological polar surface area (TPSA) is 134 Å². The zero-order valence-electron chi connectivity index (χ0n) is 27.3. The van der Waals surface area contributed by atoms with E-state index in [1.54, 1.807) is 39.2 Å². The quantitative estimate of drug-likeness (QED) is 0.168. The van der Waals surface area contributed by atoms with Crippen LogP contribution in [0.25, 0.3) is 11.1 Å². The molecule has 1 aromatic heterocycles. The molecule has 46 heavy (non-hydrogen) atoms. The zero-order chi connectivity index (χ0) is 33.1. The number of nitrogens with one attached hydrogen (secondary N) is 1. The van der Waals surface area contributed by atoms with Crippen LogP contribution in [0, 0.1) is 0 Å². The van der Waals surface area contributed by atoms with Crippen LogP contribution in [-0.2, 0) is 23.7 Å². The summed E-state index contributed by atoms with van der Waals surface area (Å²) in [6, 6.07) is 15.0. The first-order valence-corrected chi connectivity index (χ1v) is 15.6. The minimum Gasteiger partial charge on any atom is -0.467 e. The van der Waals surface area contributed by atoms with Crippen molar-refractivity contribution in [2.75, 3.05) is 26.9 Å². The fourth-order valence-electron chi connectivity index (χ4n) is 6.19. The molecule has 1 saturated heterocycles. The van der Waals surface area contributed by atoms with Gasteiger partial charge in [-0.25, -0.2) is 14.4 Å². The van der Waals surface area contributed by atoms with Gasteiger partial charge in [0, 0.05) is 12.5 Å². The maximum absolute atomic E-state index is 13.2. The molecule has 12 heteroatoms. The van der Waals surface area contributed by atoms with Crippen LogP contribution in [0.5, 0.6) is 0 Å². The van der Waals surface area contributed by atoms with E-state index < -0.39 is 41.6 Å². The molecule has 3 aromatic rings. The fourth-order valence-corrected chi connectivity index (χ4v) is 6.19. The van der Waals surface area contributed by atoms with Crippen molar-refractivity contribution in [1.82, 2.24) is 25.0 Å². The van der Waals surface area contributed by atoms with Gasteiger partial charge in [-0.3, -0.25) is 4.90 Å². The Morgan fingerprint density at radius 3 is 2.33 bits per heavy atom. The average molecular weight is 634 g/mol. The van der Waals surface area contributed by atoms with Crippen molar-refractivity contribution >= 4 is 18.2 Å². The zero-order valence-corrected chi connectivity index (χ0v) is 27.3. The largest absolute Gasteiger partial charge is 0.467 e. The molecule has 1 aliphatic carbocycles. The summed E-state index contributed by atoms with van der Waals surface area (Å²) < 4.78 is 24.0. The predicted octanol–water partition coefficient (Wildman–Crippen LogP) is 5.75. The Labute approximate surface area is 269 Å². The molecular weight excluding hydrogens is 590 g/mol. The van der Waals surface area contributed by atoms with E-state index in [1.165, 1.54) is 29.5 Å². The smallest absolute Gasteiger partial charge is 0.413 e. The highest BCUT2D eigenvalue weighted by molar-refractivity contribution is 5.79. The maximum atomic E-state index is 13.2. The summed E-state index contributed by atoms with van der Waals surface area (Å²) in [5, 5.41) is 11.2. The Bertz CT molecular complexity index is 1520. The molecule has 1 N–H and O–H groups in total. The SMILES string of the molecule is COC(=O)[C@H](CCCCNC(=O)OCC1c2ccccc2-c2ccccc21)n1cnnc1[C@@H]1COC(C)(C)N1C(=O)OC(C)(C)C. The van der Waals surface area contributed by atoms with Crippen LogP contribution in [0.2, 0.25) is 0 Å². The summed E-state index contributed by atoms with van der Waals surface area (Å²) in [5.74, 6) is -0.0878. The van der Waals surface area contributed by atoms with E-state index in [2.05, 4.69) is 39.8 Å². The number of rotatable bonds is 10. The van der Waals surface area contributed by atoms with Crippen LogP contribution < -0.4 is 5.32 Å². The number of esters is 1. The molecule has 246 valence electrons. The van der Waals surface area contributed by atoms with E-state index in [9.17, 15) is 14.4 Å².